The van der Waals surface area contributed by atoms with Crippen LogP contribution in [0, 0.1) is 0 Å². The molecule has 6 heteroatoms. The summed E-state index contributed by atoms with van der Waals surface area (Å²) in [6.07, 6.45) is 4.31. The van der Waals surface area contributed by atoms with E-state index in [1.807, 2.05) is 35.0 Å². The molecule has 0 radical (unpaired) electrons. The molecule has 2 atom stereocenters. The molecular formula is C18H28N4OS. The molecule has 2 fully saturated rings. The van der Waals surface area contributed by atoms with Gasteiger partial charge in [-0.05, 0) is 44.6 Å². The largest absolute Gasteiger partial charge is 0.337 e. The lowest BCUT2D eigenvalue weighted by Gasteiger charge is -2.38. The summed E-state index contributed by atoms with van der Waals surface area (Å²) in [4.78, 5) is 21.2. The lowest BCUT2D eigenvalue weighted by Crippen LogP contribution is -2.53. The average Bonchev–Trinajstić information content (AvgIpc) is 3.07. The van der Waals surface area contributed by atoms with Crippen molar-refractivity contribution in [1.29, 1.82) is 0 Å². The Balaban J connectivity index is 1.45. The number of pyridine rings is 1. The van der Waals surface area contributed by atoms with Gasteiger partial charge in [0.15, 0.2) is 0 Å². The summed E-state index contributed by atoms with van der Waals surface area (Å²) >= 11 is 1.99. The molecule has 0 bridgehead atoms. The Morgan fingerprint density at radius 1 is 1.38 bits per heavy atom. The highest BCUT2D eigenvalue weighted by Gasteiger charge is 2.31. The summed E-state index contributed by atoms with van der Waals surface area (Å²) < 4.78 is 0.227. The van der Waals surface area contributed by atoms with Gasteiger partial charge in [0.05, 0.1) is 5.69 Å². The van der Waals surface area contributed by atoms with E-state index in [0.717, 1.165) is 38.4 Å². The Bertz CT molecular complexity index is 539. The summed E-state index contributed by atoms with van der Waals surface area (Å²) in [6.45, 7) is 8.60. The summed E-state index contributed by atoms with van der Waals surface area (Å²) in [5.74, 6) is 1.22. The highest BCUT2D eigenvalue weighted by Crippen LogP contribution is 2.37. The number of thioether (sulfide) groups is 1. The SMILES string of the molecule is CC(c1ccccn1)N1CCN(C(=O)NCC2(C)CCCS2)CC1. The Kier molecular flexibility index (Phi) is 5.66. The molecule has 0 aromatic carbocycles. The third-order valence-electron chi connectivity index (χ3n) is 5.18. The average molecular weight is 349 g/mol. The second kappa shape index (κ2) is 7.74. The van der Waals surface area contributed by atoms with E-state index in [2.05, 4.69) is 35.1 Å². The van der Waals surface area contributed by atoms with Gasteiger partial charge in [0.25, 0.3) is 0 Å². The molecule has 0 spiro atoms. The van der Waals surface area contributed by atoms with Gasteiger partial charge in [0.2, 0.25) is 0 Å². The molecule has 3 rings (SSSR count). The van der Waals surface area contributed by atoms with Crippen LogP contribution in [0.1, 0.15) is 38.4 Å². The van der Waals surface area contributed by atoms with Gasteiger partial charge in [0, 0.05) is 49.7 Å². The van der Waals surface area contributed by atoms with Crippen LogP contribution in [0.4, 0.5) is 4.79 Å². The molecule has 2 aliphatic rings. The van der Waals surface area contributed by atoms with Gasteiger partial charge in [-0.15, -0.1) is 0 Å². The standard InChI is InChI=1S/C18H28N4OS/c1-15(16-6-3-4-8-19-16)21-9-11-22(12-10-21)17(23)20-14-18(2)7-5-13-24-18/h3-4,6,8,15H,5,7,9-14H2,1-2H3,(H,20,23). The predicted molar refractivity (Wildman–Crippen MR) is 99.3 cm³/mol. The third-order valence-corrected chi connectivity index (χ3v) is 6.72. The zero-order chi connectivity index (χ0) is 17.0. The second-order valence-electron chi connectivity index (χ2n) is 7.01. The number of urea groups is 1. The van der Waals surface area contributed by atoms with E-state index in [1.165, 1.54) is 18.6 Å². The number of aromatic nitrogens is 1. The van der Waals surface area contributed by atoms with Crippen molar-refractivity contribution in [3.8, 4) is 0 Å². The van der Waals surface area contributed by atoms with Crippen LogP contribution in [0.5, 0.6) is 0 Å². The van der Waals surface area contributed by atoms with Crippen LogP contribution in [0.25, 0.3) is 0 Å². The van der Waals surface area contributed by atoms with Crippen molar-refractivity contribution in [3.63, 3.8) is 0 Å². The maximum atomic E-state index is 12.4. The van der Waals surface area contributed by atoms with E-state index >= 15 is 0 Å². The van der Waals surface area contributed by atoms with Crippen LogP contribution in [0.2, 0.25) is 0 Å². The predicted octanol–water partition coefficient (Wildman–Crippen LogP) is 2.76. The van der Waals surface area contributed by atoms with E-state index < -0.39 is 0 Å². The van der Waals surface area contributed by atoms with Crippen LogP contribution in [0.15, 0.2) is 24.4 Å². The maximum absolute atomic E-state index is 12.4. The van der Waals surface area contributed by atoms with Crippen LogP contribution < -0.4 is 5.32 Å². The Morgan fingerprint density at radius 3 is 2.79 bits per heavy atom. The number of piperazine rings is 1. The number of nitrogens with zero attached hydrogens (tertiary/aromatic N) is 3. The molecule has 2 aliphatic heterocycles. The number of nitrogens with one attached hydrogen (secondary N) is 1. The monoisotopic (exact) mass is 348 g/mol. The molecule has 2 saturated heterocycles. The van der Waals surface area contributed by atoms with Crippen molar-refractivity contribution in [2.75, 3.05) is 38.5 Å². The van der Waals surface area contributed by atoms with Gasteiger partial charge >= 0.3 is 6.03 Å². The molecular weight excluding hydrogens is 320 g/mol. The smallest absolute Gasteiger partial charge is 0.317 e. The first kappa shape index (κ1) is 17.5. The van der Waals surface area contributed by atoms with Crippen LogP contribution >= 0.6 is 11.8 Å². The number of hydrogen-bond acceptors (Lipinski definition) is 4. The van der Waals surface area contributed by atoms with E-state index in [4.69, 9.17) is 0 Å². The summed E-state index contributed by atoms with van der Waals surface area (Å²) in [6, 6.07) is 6.44. The lowest BCUT2D eigenvalue weighted by molar-refractivity contribution is 0.112. The Labute approximate surface area is 149 Å². The van der Waals surface area contributed by atoms with E-state index in [0.29, 0.717) is 6.04 Å². The first-order chi connectivity index (χ1) is 11.6. The van der Waals surface area contributed by atoms with Crippen LogP contribution in [-0.2, 0) is 0 Å². The first-order valence-corrected chi connectivity index (χ1v) is 9.88. The van der Waals surface area contributed by atoms with Crippen molar-refractivity contribution in [1.82, 2.24) is 20.1 Å². The molecule has 1 N–H and O–H groups in total. The lowest BCUT2D eigenvalue weighted by atomic mass is 10.1. The first-order valence-electron chi connectivity index (χ1n) is 8.89. The summed E-state index contributed by atoms with van der Waals surface area (Å²) in [5, 5.41) is 3.15. The number of rotatable bonds is 4. The molecule has 0 aliphatic carbocycles. The molecule has 1 aromatic rings. The van der Waals surface area contributed by atoms with Crippen molar-refractivity contribution in [2.24, 2.45) is 0 Å². The zero-order valence-corrected chi connectivity index (χ0v) is 15.5. The fraction of sp³-hybridized carbons (Fsp3) is 0.667. The number of carbonyl (C=O) groups excluding carboxylic acids is 1. The fourth-order valence-electron chi connectivity index (χ4n) is 3.47. The minimum absolute atomic E-state index is 0.0915. The molecule has 5 nitrogen and oxygen atoms in total. The van der Waals surface area contributed by atoms with Crippen molar-refractivity contribution < 1.29 is 4.79 Å². The minimum atomic E-state index is 0.0915. The van der Waals surface area contributed by atoms with Gasteiger partial charge in [-0.1, -0.05) is 6.07 Å². The van der Waals surface area contributed by atoms with E-state index in [9.17, 15) is 4.79 Å². The highest BCUT2D eigenvalue weighted by atomic mass is 32.2. The quantitative estimate of drug-likeness (QED) is 0.909. The minimum Gasteiger partial charge on any atom is -0.337 e. The van der Waals surface area contributed by atoms with Crippen molar-refractivity contribution >= 4 is 17.8 Å². The van der Waals surface area contributed by atoms with Gasteiger partial charge in [-0.3, -0.25) is 9.88 Å². The van der Waals surface area contributed by atoms with Gasteiger partial charge in [-0.25, -0.2) is 4.79 Å². The number of carbonyl (C=O) groups is 1. The molecule has 132 valence electrons. The van der Waals surface area contributed by atoms with Gasteiger partial charge in [-0.2, -0.15) is 11.8 Å². The molecule has 0 saturated carbocycles. The normalized spacial score (nSPS) is 26.3. The summed E-state index contributed by atoms with van der Waals surface area (Å²) in [5.41, 5.74) is 1.10. The topological polar surface area (TPSA) is 48.5 Å². The highest BCUT2D eigenvalue weighted by molar-refractivity contribution is 8.00. The van der Waals surface area contributed by atoms with Crippen molar-refractivity contribution in [3.05, 3.63) is 30.1 Å². The molecule has 2 amide bonds. The Morgan fingerprint density at radius 2 is 2.17 bits per heavy atom. The summed E-state index contributed by atoms with van der Waals surface area (Å²) in [7, 11) is 0. The van der Waals surface area contributed by atoms with Crippen molar-refractivity contribution in [2.45, 2.75) is 37.5 Å². The van der Waals surface area contributed by atoms with E-state index in [-0.39, 0.29) is 10.8 Å². The number of amides is 2. The number of hydrogen-bond donors (Lipinski definition) is 1. The van der Waals surface area contributed by atoms with Crippen LogP contribution in [0.3, 0.4) is 0 Å². The molecule has 1 aromatic heterocycles. The maximum Gasteiger partial charge on any atom is 0.317 e. The van der Waals surface area contributed by atoms with Gasteiger partial charge < -0.3 is 10.2 Å². The zero-order valence-electron chi connectivity index (χ0n) is 14.7. The molecule has 2 unspecified atom stereocenters. The third kappa shape index (κ3) is 4.22. The fourth-order valence-corrected chi connectivity index (χ4v) is 4.72. The van der Waals surface area contributed by atoms with Gasteiger partial charge in [0.1, 0.15) is 0 Å². The molecule has 3 heterocycles. The van der Waals surface area contributed by atoms with E-state index in [1.54, 1.807) is 0 Å². The van der Waals surface area contributed by atoms with Crippen LogP contribution in [-0.4, -0.2) is 64.0 Å². The molecule has 24 heavy (non-hydrogen) atoms. The Hall–Kier alpha value is -1.27. The second-order valence-corrected chi connectivity index (χ2v) is 8.70.